The molecule has 0 bridgehead atoms. The van der Waals surface area contributed by atoms with E-state index in [1.54, 1.807) is 7.11 Å². The van der Waals surface area contributed by atoms with Gasteiger partial charge in [0.2, 0.25) is 11.8 Å². The molecule has 0 spiro atoms. The van der Waals surface area contributed by atoms with Gasteiger partial charge in [-0.3, -0.25) is 24.6 Å². The molecule has 0 radical (unpaired) electrons. The lowest BCUT2D eigenvalue weighted by Gasteiger charge is -2.16. The van der Waals surface area contributed by atoms with Gasteiger partial charge in [0.25, 0.3) is 5.69 Å². The highest BCUT2D eigenvalue weighted by molar-refractivity contribution is 8.15. The summed E-state index contributed by atoms with van der Waals surface area (Å²) in [5.74, 6) is -0.432. The SMILES string of the molecule is COCCN1C(=O)C(CC(=O)Nc2cc([N+](=O)[O-])ccc2OC)SC1=Nc1cc(C)cc(C)c1. The van der Waals surface area contributed by atoms with Crippen LogP contribution < -0.4 is 10.1 Å². The number of carbonyl (C=O) groups is 2. The van der Waals surface area contributed by atoms with Gasteiger partial charge in [0, 0.05) is 25.7 Å². The Morgan fingerprint density at radius 3 is 2.53 bits per heavy atom. The molecule has 3 rings (SSSR count). The van der Waals surface area contributed by atoms with Gasteiger partial charge in [-0.1, -0.05) is 17.8 Å². The minimum Gasteiger partial charge on any atom is -0.495 e. The first-order valence-electron chi connectivity index (χ1n) is 10.5. The van der Waals surface area contributed by atoms with E-state index in [2.05, 4.69) is 10.3 Å². The second-order valence-corrected chi connectivity index (χ2v) is 8.89. The average molecular weight is 487 g/mol. The van der Waals surface area contributed by atoms with Crippen molar-refractivity contribution >= 4 is 45.8 Å². The van der Waals surface area contributed by atoms with E-state index in [0.29, 0.717) is 18.3 Å². The molecule has 1 fully saturated rings. The molecule has 2 amide bonds. The highest BCUT2D eigenvalue weighted by atomic mass is 32.2. The topological polar surface area (TPSA) is 123 Å². The number of non-ortho nitro benzene ring substituents is 1. The van der Waals surface area contributed by atoms with Crippen molar-refractivity contribution < 1.29 is 24.0 Å². The van der Waals surface area contributed by atoms with E-state index < -0.39 is 16.1 Å². The van der Waals surface area contributed by atoms with Crippen LogP contribution in [0.15, 0.2) is 41.4 Å². The summed E-state index contributed by atoms with van der Waals surface area (Å²) in [6.45, 7) is 4.58. The maximum absolute atomic E-state index is 13.1. The second kappa shape index (κ2) is 11.1. The van der Waals surface area contributed by atoms with Crippen LogP contribution in [-0.4, -0.2) is 59.4 Å². The van der Waals surface area contributed by atoms with Gasteiger partial charge in [-0.2, -0.15) is 0 Å². The maximum atomic E-state index is 13.1. The number of amidine groups is 1. The predicted molar refractivity (Wildman–Crippen MR) is 131 cm³/mol. The minimum atomic E-state index is -0.689. The molecule has 0 aromatic heterocycles. The number of ether oxygens (including phenoxy) is 2. The average Bonchev–Trinajstić information content (AvgIpc) is 3.05. The molecule has 10 nitrogen and oxygen atoms in total. The van der Waals surface area contributed by atoms with Crippen LogP contribution in [0.4, 0.5) is 17.1 Å². The molecule has 1 heterocycles. The number of aryl methyl sites for hydroxylation is 2. The fraction of sp³-hybridized carbons (Fsp3) is 0.348. The summed E-state index contributed by atoms with van der Waals surface area (Å²) >= 11 is 1.21. The van der Waals surface area contributed by atoms with Crippen LogP contribution in [0.1, 0.15) is 17.5 Å². The Hall–Kier alpha value is -3.44. The molecule has 1 N–H and O–H groups in total. The van der Waals surface area contributed by atoms with E-state index in [-0.39, 0.29) is 29.5 Å². The van der Waals surface area contributed by atoms with Gasteiger partial charge < -0.3 is 14.8 Å². The van der Waals surface area contributed by atoms with E-state index in [9.17, 15) is 19.7 Å². The van der Waals surface area contributed by atoms with Crippen LogP contribution in [0.25, 0.3) is 0 Å². The fourth-order valence-electron chi connectivity index (χ4n) is 3.52. The van der Waals surface area contributed by atoms with Crippen LogP contribution >= 0.6 is 11.8 Å². The van der Waals surface area contributed by atoms with Crippen LogP contribution in [-0.2, 0) is 14.3 Å². The number of carbonyl (C=O) groups excluding carboxylic acids is 2. The number of amides is 2. The summed E-state index contributed by atoms with van der Waals surface area (Å²) in [6, 6.07) is 9.80. The van der Waals surface area contributed by atoms with Crippen molar-refractivity contribution in [3.05, 3.63) is 57.6 Å². The number of nitrogens with zero attached hydrogens (tertiary/aromatic N) is 3. The largest absolute Gasteiger partial charge is 0.495 e. The van der Waals surface area contributed by atoms with Crippen LogP contribution in [0.2, 0.25) is 0 Å². The third kappa shape index (κ3) is 6.12. The van der Waals surface area contributed by atoms with Crippen molar-refractivity contribution in [2.45, 2.75) is 25.5 Å². The van der Waals surface area contributed by atoms with Crippen molar-refractivity contribution in [1.29, 1.82) is 0 Å². The minimum absolute atomic E-state index is 0.134. The number of nitro benzene ring substituents is 1. The van der Waals surface area contributed by atoms with Gasteiger partial charge in [-0.25, -0.2) is 4.99 Å². The third-order valence-corrected chi connectivity index (χ3v) is 6.18. The van der Waals surface area contributed by atoms with Gasteiger partial charge in [-0.05, 0) is 43.2 Å². The Kier molecular flexibility index (Phi) is 8.24. The highest BCUT2D eigenvalue weighted by Crippen LogP contribution is 2.33. The number of rotatable bonds is 9. The number of methoxy groups -OCH3 is 2. The zero-order valence-electron chi connectivity index (χ0n) is 19.4. The standard InChI is InChI=1S/C23H26N4O6S/c1-14-9-15(2)11-16(10-14)24-23-26(7-8-32-3)22(29)20(34-23)13-21(28)25-18-12-17(27(30)31)5-6-19(18)33-4/h5-6,9-12,20H,7-8,13H2,1-4H3,(H,25,28). The molecule has 180 valence electrons. The molecule has 1 aliphatic rings. The molecule has 1 aliphatic heterocycles. The normalized spacial score (nSPS) is 16.7. The summed E-state index contributed by atoms with van der Waals surface area (Å²) in [5, 5.41) is 13.5. The lowest BCUT2D eigenvalue weighted by Crippen LogP contribution is -2.35. The Balaban J connectivity index is 1.80. The zero-order valence-corrected chi connectivity index (χ0v) is 20.2. The van der Waals surface area contributed by atoms with Crippen molar-refractivity contribution in [3.8, 4) is 5.75 Å². The fourth-order valence-corrected chi connectivity index (χ4v) is 4.70. The summed E-state index contributed by atoms with van der Waals surface area (Å²) in [5.41, 5.74) is 2.81. The van der Waals surface area contributed by atoms with Crippen LogP contribution in [0.5, 0.6) is 5.75 Å². The Bertz CT molecular complexity index is 1120. The molecule has 11 heteroatoms. The molecule has 0 saturated carbocycles. The van der Waals surface area contributed by atoms with Gasteiger partial charge in [0.05, 0.1) is 36.6 Å². The van der Waals surface area contributed by atoms with Crippen molar-refractivity contribution in [3.63, 3.8) is 0 Å². The van der Waals surface area contributed by atoms with Crippen LogP contribution in [0.3, 0.4) is 0 Å². The second-order valence-electron chi connectivity index (χ2n) is 7.72. The summed E-state index contributed by atoms with van der Waals surface area (Å²) in [4.78, 5) is 42.5. The number of nitrogens with one attached hydrogen (secondary N) is 1. The van der Waals surface area contributed by atoms with Crippen LogP contribution in [0, 0.1) is 24.0 Å². The number of hydrogen-bond acceptors (Lipinski definition) is 8. The van der Waals surface area contributed by atoms with Crippen molar-refractivity contribution in [1.82, 2.24) is 4.90 Å². The van der Waals surface area contributed by atoms with Gasteiger partial charge in [-0.15, -0.1) is 0 Å². The molecule has 0 aliphatic carbocycles. The lowest BCUT2D eigenvalue weighted by molar-refractivity contribution is -0.384. The molecule has 2 aromatic rings. The Labute approximate surface area is 201 Å². The number of anilines is 1. The Morgan fingerprint density at radius 2 is 1.91 bits per heavy atom. The van der Waals surface area contributed by atoms with Gasteiger partial charge in [0.1, 0.15) is 11.0 Å². The summed E-state index contributed by atoms with van der Waals surface area (Å²) in [7, 11) is 2.95. The van der Waals surface area contributed by atoms with Gasteiger partial charge in [0.15, 0.2) is 5.17 Å². The molecule has 1 unspecified atom stereocenters. The number of nitro groups is 1. The summed E-state index contributed by atoms with van der Waals surface area (Å²) < 4.78 is 10.3. The van der Waals surface area contributed by atoms with E-state index in [1.807, 2.05) is 32.0 Å². The van der Waals surface area contributed by atoms with E-state index >= 15 is 0 Å². The maximum Gasteiger partial charge on any atom is 0.271 e. The quantitative estimate of drug-likeness (QED) is 0.422. The van der Waals surface area contributed by atoms with E-state index in [0.717, 1.165) is 16.8 Å². The first-order valence-corrected chi connectivity index (χ1v) is 11.4. The smallest absolute Gasteiger partial charge is 0.271 e. The number of aliphatic imine (C=N–C) groups is 1. The first kappa shape index (κ1) is 25.2. The molecule has 34 heavy (non-hydrogen) atoms. The monoisotopic (exact) mass is 486 g/mol. The van der Waals surface area contributed by atoms with Crippen molar-refractivity contribution in [2.24, 2.45) is 4.99 Å². The number of thioether (sulfide) groups is 1. The van der Waals surface area contributed by atoms with Gasteiger partial charge >= 0.3 is 0 Å². The number of hydrogen-bond donors (Lipinski definition) is 1. The van der Waals surface area contributed by atoms with E-state index in [1.165, 1.54) is 42.0 Å². The molecule has 2 aromatic carbocycles. The zero-order chi connectivity index (χ0) is 24.8. The summed E-state index contributed by atoms with van der Waals surface area (Å²) in [6.07, 6.45) is -0.134. The third-order valence-electron chi connectivity index (χ3n) is 5.01. The molecule has 1 atom stereocenters. The Morgan fingerprint density at radius 1 is 1.21 bits per heavy atom. The van der Waals surface area contributed by atoms with Crippen molar-refractivity contribution in [2.75, 3.05) is 32.7 Å². The highest BCUT2D eigenvalue weighted by Gasteiger charge is 2.39. The first-order chi connectivity index (χ1) is 16.2. The predicted octanol–water partition coefficient (Wildman–Crippen LogP) is 3.83. The van der Waals surface area contributed by atoms with E-state index in [4.69, 9.17) is 9.47 Å². The number of benzene rings is 2. The molecular weight excluding hydrogens is 460 g/mol. The molecule has 1 saturated heterocycles. The lowest BCUT2D eigenvalue weighted by atomic mass is 10.1. The molecular formula is C23H26N4O6S.